The van der Waals surface area contributed by atoms with Crippen molar-refractivity contribution in [2.24, 2.45) is 0 Å². The Labute approximate surface area is 160 Å². The van der Waals surface area contributed by atoms with Crippen LogP contribution < -0.4 is 15.4 Å². The molecule has 0 saturated carbocycles. The van der Waals surface area contributed by atoms with Crippen LogP contribution in [0.2, 0.25) is 0 Å². The summed E-state index contributed by atoms with van der Waals surface area (Å²) in [6.07, 6.45) is -6.10. The molecule has 0 aliphatic carbocycles. The average molecular weight is 413 g/mol. The first-order chi connectivity index (χ1) is 12.9. The van der Waals surface area contributed by atoms with Crippen molar-refractivity contribution >= 4 is 27.3 Å². The predicted molar refractivity (Wildman–Crippen MR) is 98.5 cm³/mol. The minimum Gasteiger partial charge on any atom is -0.360 e. The van der Waals surface area contributed by atoms with Crippen molar-refractivity contribution < 1.29 is 26.4 Å². The van der Waals surface area contributed by atoms with Gasteiger partial charge in [0.2, 0.25) is 10.0 Å². The van der Waals surface area contributed by atoms with Gasteiger partial charge in [-0.15, -0.1) is 0 Å². The van der Waals surface area contributed by atoms with E-state index in [1.807, 2.05) is 19.1 Å². The van der Waals surface area contributed by atoms with Crippen LogP contribution >= 0.6 is 0 Å². The van der Waals surface area contributed by atoms with Crippen LogP contribution in [0.1, 0.15) is 22.3 Å². The number of alkyl halides is 3. The van der Waals surface area contributed by atoms with Crippen molar-refractivity contribution in [2.75, 3.05) is 10.6 Å². The number of amides is 1. The third-order valence-corrected chi connectivity index (χ3v) is 5.84. The van der Waals surface area contributed by atoms with Crippen LogP contribution in [0.3, 0.4) is 0 Å². The molecule has 0 radical (unpaired) electrons. The van der Waals surface area contributed by atoms with Gasteiger partial charge in [0.1, 0.15) is 4.90 Å². The average Bonchev–Trinajstić information content (AvgIpc) is 2.55. The third-order valence-electron chi connectivity index (χ3n) is 4.36. The molecule has 3 rings (SSSR count). The van der Waals surface area contributed by atoms with Crippen LogP contribution in [-0.2, 0) is 21.0 Å². The van der Waals surface area contributed by atoms with Gasteiger partial charge < -0.3 is 10.6 Å². The van der Waals surface area contributed by atoms with Gasteiger partial charge in [-0.05, 0) is 50.1 Å². The minimum atomic E-state index is -4.64. The number of carbonyl (C=O) groups is 1. The lowest BCUT2D eigenvalue weighted by Gasteiger charge is -2.28. The summed E-state index contributed by atoms with van der Waals surface area (Å²) in [6, 6.07) is 5.92. The smallest absolute Gasteiger partial charge is 0.360 e. The highest BCUT2D eigenvalue weighted by Gasteiger charge is 2.37. The molecule has 0 bridgehead atoms. The minimum absolute atomic E-state index is 0.286. The fourth-order valence-electron chi connectivity index (χ4n) is 3.15. The molecule has 2 aromatic carbocycles. The molecule has 6 nitrogen and oxygen atoms in total. The van der Waals surface area contributed by atoms with Gasteiger partial charge in [-0.3, -0.25) is 4.79 Å². The van der Waals surface area contributed by atoms with E-state index >= 15 is 0 Å². The van der Waals surface area contributed by atoms with Gasteiger partial charge >= 0.3 is 6.18 Å². The van der Waals surface area contributed by atoms with Crippen LogP contribution in [0.25, 0.3) is 0 Å². The van der Waals surface area contributed by atoms with Crippen molar-refractivity contribution in [2.45, 2.75) is 38.0 Å². The Morgan fingerprint density at radius 3 is 2.25 bits per heavy atom. The first kappa shape index (κ1) is 20.2. The molecule has 2 aromatic rings. The zero-order chi connectivity index (χ0) is 20.9. The van der Waals surface area contributed by atoms with E-state index in [4.69, 9.17) is 0 Å². The zero-order valence-corrected chi connectivity index (χ0v) is 16.0. The Balaban J connectivity index is 1.92. The second kappa shape index (κ2) is 6.78. The van der Waals surface area contributed by atoms with Gasteiger partial charge in [-0.1, -0.05) is 17.7 Å². The highest BCUT2D eigenvalue weighted by Crippen LogP contribution is 2.35. The van der Waals surface area contributed by atoms with Crippen molar-refractivity contribution in [3.05, 3.63) is 52.6 Å². The van der Waals surface area contributed by atoms with Gasteiger partial charge in [0.25, 0.3) is 5.91 Å². The summed E-state index contributed by atoms with van der Waals surface area (Å²) in [5, 5.41) is 5.17. The summed E-state index contributed by atoms with van der Waals surface area (Å²) in [6.45, 7) is 5.48. The topological polar surface area (TPSA) is 87.3 Å². The van der Waals surface area contributed by atoms with Crippen LogP contribution in [0.4, 0.5) is 24.5 Å². The quantitative estimate of drug-likeness (QED) is 0.705. The summed E-state index contributed by atoms with van der Waals surface area (Å²) < 4.78 is 65.7. The Morgan fingerprint density at radius 1 is 1.07 bits per heavy atom. The number of halogens is 3. The Morgan fingerprint density at radius 2 is 1.68 bits per heavy atom. The molecular weight excluding hydrogens is 395 g/mol. The second-order valence-corrected chi connectivity index (χ2v) is 8.35. The van der Waals surface area contributed by atoms with Crippen LogP contribution in [0, 0.1) is 20.8 Å². The molecular formula is C18H18F3N3O3S. The molecule has 0 saturated heterocycles. The van der Waals surface area contributed by atoms with Crippen molar-refractivity contribution in [3.63, 3.8) is 0 Å². The van der Waals surface area contributed by atoms with Crippen molar-refractivity contribution in [1.82, 2.24) is 4.72 Å². The molecule has 3 N–H and O–H groups in total. The number of sulfonamides is 1. The van der Waals surface area contributed by atoms with E-state index in [0.29, 0.717) is 17.8 Å². The lowest BCUT2D eigenvalue weighted by molar-refractivity contribution is -0.137. The van der Waals surface area contributed by atoms with E-state index < -0.39 is 33.8 Å². The summed E-state index contributed by atoms with van der Waals surface area (Å²) in [5.74, 6) is -0.735. The van der Waals surface area contributed by atoms with Gasteiger partial charge in [0, 0.05) is 5.69 Å². The fourth-order valence-corrected chi connectivity index (χ4v) is 4.41. The first-order valence-corrected chi connectivity index (χ1v) is 9.75. The molecule has 0 fully saturated rings. The number of fused-ring (bicyclic) bond motifs is 1. The SMILES string of the molecule is Cc1cc(C)c(NC(=O)[C@@H]2Nc3cc(C(F)(F)F)ccc3S(=O)(=O)N2)c(C)c1. The zero-order valence-electron chi connectivity index (χ0n) is 15.2. The van der Waals surface area contributed by atoms with E-state index in [1.165, 1.54) is 0 Å². The lowest BCUT2D eigenvalue weighted by Crippen LogP contribution is -2.51. The normalized spacial score (nSPS) is 18.1. The Kier molecular flexibility index (Phi) is 4.88. The summed E-state index contributed by atoms with van der Waals surface area (Å²) in [5.41, 5.74) is 1.78. The monoisotopic (exact) mass is 413 g/mol. The van der Waals surface area contributed by atoms with E-state index in [1.54, 1.807) is 13.8 Å². The standard InChI is InChI=1S/C18H18F3N3O3S/c1-9-6-10(2)15(11(3)7-9)23-17(25)16-22-13-8-12(18(19,20)21)4-5-14(13)28(26,27)24-16/h4-8,16,22,24H,1-3H3,(H,23,25)/t16-/m1/s1. The number of nitrogens with one attached hydrogen (secondary N) is 3. The van der Waals surface area contributed by atoms with Crippen molar-refractivity contribution in [1.29, 1.82) is 0 Å². The molecule has 1 amide bonds. The number of anilines is 2. The molecule has 1 atom stereocenters. The number of rotatable bonds is 2. The van der Waals surface area contributed by atoms with Crippen LogP contribution in [-0.4, -0.2) is 20.5 Å². The molecule has 1 aliphatic rings. The molecule has 0 unspecified atom stereocenters. The Bertz CT molecular complexity index is 1040. The number of benzene rings is 2. The van der Waals surface area contributed by atoms with Crippen LogP contribution in [0.15, 0.2) is 35.2 Å². The maximum Gasteiger partial charge on any atom is 0.416 e. The number of aryl methyl sites for hydroxylation is 3. The molecule has 1 aliphatic heterocycles. The van der Waals surface area contributed by atoms with Gasteiger partial charge in [-0.2, -0.15) is 17.9 Å². The second-order valence-electron chi connectivity index (χ2n) is 6.67. The molecule has 0 spiro atoms. The van der Waals surface area contributed by atoms with Crippen molar-refractivity contribution in [3.8, 4) is 0 Å². The van der Waals surface area contributed by atoms with Crippen LogP contribution in [0.5, 0.6) is 0 Å². The van der Waals surface area contributed by atoms with E-state index in [-0.39, 0.29) is 10.6 Å². The largest absolute Gasteiger partial charge is 0.416 e. The maximum atomic E-state index is 12.9. The van der Waals surface area contributed by atoms with E-state index in [0.717, 1.165) is 22.8 Å². The van der Waals surface area contributed by atoms with E-state index in [2.05, 4.69) is 15.4 Å². The summed E-state index contributed by atoms with van der Waals surface area (Å²) in [7, 11) is -4.16. The number of hydrogen-bond acceptors (Lipinski definition) is 4. The highest BCUT2D eigenvalue weighted by molar-refractivity contribution is 7.89. The molecule has 10 heteroatoms. The number of carbonyl (C=O) groups excluding carboxylic acids is 1. The van der Waals surface area contributed by atoms with Gasteiger partial charge in [0.05, 0.1) is 11.3 Å². The lowest BCUT2D eigenvalue weighted by atomic mass is 10.1. The number of hydrogen-bond donors (Lipinski definition) is 3. The summed E-state index contributed by atoms with van der Waals surface area (Å²) in [4.78, 5) is 12.3. The Hall–Kier alpha value is -2.59. The first-order valence-electron chi connectivity index (χ1n) is 8.27. The van der Waals surface area contributed by atoms with E-state index in [9.17, 15) is 26.4 Å². The maximum absolute atomic E-state index is 12.9. The fraction of sp³-hybridized carbons (Fsp3) is 0.278. The van der Waals surface area contributed by atoms with Gasteiger partial charge in [0.15, 0.2) is 6.17 Å². The van der Waals surface area contributed by atoms with Gasteiger partial charge in [-0.25, -0.2) is 8.42 Å². The highest BCUT2D eigenvalue weighted by atomic mass is 32.2. The molecule has 150 valence electrons. The molecule has 1 heterocycles. The molecule has 28 heavy (non-hydrogen) atoms. The summed E-state index contributed by atoms with van der Waals surface area (Å²) >= 11 is 0. The predicted octanol–water partition coefficient (Wildman–Crippen LogP) is 3.30. The third kappa shape index (κ3) is 3.83. The molecule has 0 aromatic heterocycles.